The minimum absolute atomic E-state index is 0.175. The Labute approximate surface area is 134 Å². The molecular weight excluding hydrogens is 392 g/mol. The number of rotatable bonds is 5. The van der Waals surface area contributed by atoms with E-state index in [1.165, 1.54) is 0 Å². The van der Waals surface area contributed by atoms with Crippen LogP contribution in [0.1, 0.15) is 20.3 Å². The van der Waals surface area contributed by atoms with Gasteiger partial charge in [-0.05, 0) is 46.5 Å². The Morgan fingerprint density at radius 3 is 2.50 bits per heavy atom. The average Bonchev–Trinajstić information content (AvgIpc) is 2.32. The molecule has 110 valence electrons. The van der Waals surface area contributed by atoms with Crippen LogP contribution in [0.25, 0.3) is 0 Å². The maximum atomic E-state index is 11.9. The van der Waals surface area contributed by atoms with Gasteiger partial charge < -0.3 is 15.7 Å². The van der Waals surface area contributed by atoms with Crippen molar-refractivity contribution in [2.45, 2.75) is 26.3 Å². The molecular formula is C13H16Br2N2O3. The van der Waals surface area contributed by atoms with Gasteiger partial charge in [0.1, 0.15) is 6.04 Å². The van der Waals surface area contributed by atoms with Crippen LogP contribution in [0.2, 0.25) is 0 Å². The van der Waals surface area contributed by atoms with Gasteiger partial charge in [0.2, 0.25) is 0 Å². The molecule has 3 N–H and O–H groups in total. The molecule has 0 fully saturated rings. The van der Waals surface area contributed by atoms with Crippen molar-refractivity contribution in [3.8, 4) is 0 Å². The highest BCUT2D eigenvalue weighted by atomic mass is 79.9. The lowest BCUT2D eigenvalue weighted by Gasteiger charge is -2.17. The number of carbonyl (C=O) groups excluding carboxylic acids is 1. The first kappa shape index (κ1) is 17.0. The minimum atomic E-state index is -1.04. The van der Waals surface area contributed by atoms with E-state index in [4.69, 9.17) is 5.11 Å². The lowest BCUT2D eigenvalue weighted by atomic mass is 10.0. The van der Waals surface area contributed by atoms with Crippen LogP contribution in [0.5, 0.6) is 0 Å². The molecule has 2 amide bonds. The van der Waals surface area contributed by atoms with Gasteiger partial charge in [-0.25, -0.2) is 9.59 Å². The second kappa shape index (κ2) is 7.64. The van der Waals surface area contributed by atoms with Crippen molar-refractivity contribution in [1.82, 2.24) is 5.32 Å². The van der Waals surface area contributed by atoms with E-state index in [1.54, 1.807) is 12.1 Å². The predicted octanol–water partition coefficient (Wildman–Crippen LogP) is 3.83. The lowest BCUT2D eigenvalue weighted by molar-refractivity contribution is -0.139. The van der Waals surface area contributed by atoms with Gasteiger partial charge in [0.05, 0.1) is 5.69 Å². The van der Waals surface area contributed by atoms with Crippen molar-refractivity contribution in [3.63, 3.8) is 0 Å². The van der Waals surface area contributed by atoms with Gasteiger partial charge in [0.15, 0.2) is 0 Å². The van der Waals surface area contributed by atoms with Gasteiger partial charge in [0, 0.05) is 8.95 Å². The molecule has 1 rings (SSSR count). The number of halogens is 2. The number of amides is 2. The third-order valence-corrected chi connectivity index (χ3v) is 3.67. The molecule has 1 aromatic rings. The number of benzene rings is 1. The number of urea groups is 1. The van der Waals surface area contributed by atoms with E-state index < -0.39 is 18.0 Å². The summed E-state index contributed by atoms with van der Waals surface area (Å²) in [5, 5.41) is 14.2. The zero-order valence-corrected chi connectivity index (χ0v) is 14.3. The van der Waals surface area contributed by atoms with Gasteiger partial charge in [-0.1, -0.05) is 29.8 Å². The molecule has 0 spiro atoms. The van der Waals surface area contributed by atoms with E-state index in [2.05, 4.69) is 42.5 Å². The van der Waals surface area contributed by atoms with Gasteiger partial charge >= 0.3 is 12.0 Å². The Kier molecular flexibility index (Phi) is 6.48. The van der Waals surface area contributed by atoms with Crippen LogP contribution < -0.4 is 10.6 Å². The molecule has 0 aromatic heterocycles. The predicted molar refractivity (Wildman–Crippen MR) is 84.9 cm³/mol. The maximum Gasteiger partial charge on any atom is 0.326 e. The molecule has 0 saturated heterocycles. The Balaban J connectivity index is 2.70. The molecule has 0 radical (unpaired) electrons. The van der Waals surface area contributed by atoms with Crippen LogP contribution >= 0.6 is 31.9 Å². The fourth-order valence-corrected chi connectivity index (χ4v) is 2.31. The van der Waals surface area contributed by atoms with Crippen molar-refractivity contribution >= 4 is 49.5 Å². The molecule has 5 nitrogen and oxygen atoms in total. The number of aliphatic carboxylic acids is 1. The van der Waals surface area contributed by atoms with E-state index in [1.807, 2.05) is 19.9 Å². The van der Waals surface area contributed by atoms with Crippen LogP contribution in [-0.4, -0.2) is 23.1 Å². The first-order valence-corrected chi connectivity index (χ1v) is 7.63. The van der Waals surface area contributed by atoms with E-state index in [0.29, 0.717) is 16.6 Å². The number of hydrogen-bond donors (Lipinski definition) is 3. The molecule has 0 bridgehead atoms. The zero-order chi connectivity index (χ0) is 15.3. The monoisotopic (exact) mass is 406 g/mol. The van der Waals surface area contributed by atoms with Crippen LogP contribution in [0.15, 0.2) is 27.1 Å². The maximum absolute atomic E-state index is 11.9. The van der Waals surface area contributed by atoms with Crippen molar-refractivity contribution in [2.75, 3.05) is 5.32 Å². The first-order valence-electron chi connectivity index (χ1n) is 6.05. The normalized spacial score (nSPS) is 12.1. The summed E-state index contributed by atoms with van der Waals surface area (Å²) in [6.45, 7) is 3.81. The summed E-state index contributed by atoms with van der Waals surface area (Å²) in [4.78, 5) is 22.9. The van der Waals surface area contributed by atoms with Gasteiger partial charge in [-0.2, -0.15) is 0 Å². The molecule has 0 heterocycles. The second-order valence-corrected chi connectivity index (χ2v) is 6.51. The fraction of sp³-hybridized carbons (Fsp3) is 0.385. The fourth-order valence-electron chi connectivity index (χ4n) is 1.60. The Morgan fingerprint density at radius 2 is 1.95 bits per heavy atom. The highest BCUT2D eigenvalue weighted by Gasteiger charge is 2.21. The van der Waals surface area contributed by atoms with Gasteiger partial charge in [-0.15, -0.1) is 0 Å². The van der Waals surface area contributed by atoms with Crippen molar-refractivity contribution in [1.29, 1.82) is 0 Å². The molecule has 0 aliphatic rings. The van der Waals surface area contributed by atoms with Gasteiger partial charge in [0.25, 0.3) is 0 Å². The summed E-state index contributed by atoms with van der Waals surface area (Å²) in [5.41, 5.74) is 0.561. The molecule has 0 aliphatic carbocycles. The van der Waals surface area contributed by atoms with E-state index in [-0.39, 0.29) is 5.92 Å². The van der Waals surface area contributed by atoms with Crippen LogP contribution in [0, 0.1) is 5.92 Å². The number of carboxylic acid groups (broad SMARTS) is 1. The molecule has 0 saturated carbocycles. The lowest BCUT2D eigenvalue weighted by Crippen LogP contribution is -2.43. The highest BCUT2D eigenvalue weighted by Crippen LogP contribution is 2.26. The summed E-state index contributed by atoms with van der Waals surface area (Å²) in [5.74, 6) is -0.865. The summed E-state index contributed by atoms with van der Waals surface area (Å²) < 4.78 is 1.53. The average molecular weight is 408 g/mol. The SMILES string of the molecule is CC(C)C[C@H](NC(=O)Nc1cc(Br)ccc1Br)C(=O)O. The molecule has 20 heavy (non-hydrogen) atoms. The van der Waals surface area contributed by atoms with Gasteiger partial charge in [-0.3, -0.25) is 0 Å². The second-order valence-electron chi connectivity index (χ2n) is 4.74. The third kappa shape index (κ3) is 5.50. The quantitative estimate of drug-likeness (QED) is 0.693. The zero-order valence-electron chi connectivity index (χ0n) is 11.1. The first-order chi connectivity index (χ1) is 9.29. The number of hydrogen-bond acceptors (Lipinski definition) is 2. The summed E-state index contributed by atoms with van der Waals surface area (Å²) in [6, 6.07) is 3.88. The molecule has 0 aliphatic heterocycles. The van der Waals surface area contributed by atoms with Crippen molar-refractivity contribution < 1.29 is 14.7 Å². The van der Waals surface area contributed by atoms with E-state index in [0.717, 1.165) is 4.47 Å². The minimum Gasteiger partial charge on any atom is -0.480 e. The van der Waals surface area contributed by atoms with E-state index >= 15 is 0 Å². The number of anilines is 1. The van der Waals surface area contributed by atoms with E-state index in [9.17, 15) is 9.59 Å². The molecule has 7 heteroatoms. The summed E-state index contributed by atoms with van der Waals surface area (Å²) in [7, 11) is 0. The molecule has 1 aromatic carbocycles. The summed E-state index contributed by atoms with van der Waals surface area (Å²) in [6.07, 6.45) is 0.377. The molecule has 0 unspecified atom stereocenters. The summed E-state index contributed by atoms with van der Waals surface area (Å²) >= 11 is 6.62. The topological polar surface area (TPSA) is 78.4 Å². The highest BCUT2D eigenvalue weighted by molar-refractivity contribution is 9.11. The number of carboxylic acids is 1. The Hall–Kier alpha value is -1.08. The standard InChI is InChI=1S/C13H16Br2N2O3/c1-7(2)5-11(12(18)19)17-13(20)16-10-6-8(14)3-4-9(10)15/h3-4,6-7,11H,5H2,1-2H3,(H,18,19)(H2,16,17,20)/t11-/m0/s1. The Morgan fingerprint density at radius 1 is 1.30 bits per heavy atom. The largest absolute Gasteiger partial charge is 0.480 e. The number of nitrogens with one attached hydrogen (secondary N) is 2. The number of carbonyl (C=O) groups is 2. The van der Waals surface area contributed by atoms with Crippen LogP contribution in [-0.2, 0) is 4.79 Å². The van der Waals surface area contributed by atoms with Crippen molar-refractivity contribution in [3.05, 3.63) is 27.1 Å². The third-order valence-electron chi connectivity index (χ3n) is 2.49. The molecule has 1 atom stereocenters. The Bertz CT molecular complexity index is 506. The van der Waals surface area contributed by atoms with Crippen LogP contribution in [0.4, 0.5) is 10.5 Å². The smallest absolute Gasteiger partial charge is 0.326 e. The van der Waals surface area contributed by atoms with Crippen LogP contribution in [0.3, 0.4) is 0 Å². The van der Waals surface area contributed by atoms with Crippen molar-refractivity contribution in [2.24, 2.45) is 5.92 Å².